The zero-order valence-corrected chi connectivity index (χ0v) is 11.8. The quantitative estimate of drug-likeness (QED) is 0.674. The predicted octanol–water partition coefficient (Wildman–Crippen LogP) is 0.942. The topological polar surface area (TPSA) is 104 Å². The molecule has 0 radical (unpaired) electrons. The van der Waals surface area contributed by atoms with E-state index >= 15 is 0 Å². The molecule has 1 heterocycles. The Balaban J connectivity index is 1.83. The fourth-order valence-electron chi connectivity index (χ4n) is 2.79. The molecule has 1 aliphatic carbocycles. The fraction of sp³-hybridized carbons (Fsp3) is 0.333. The summed E-state index contributed by atoms with van der Waals surface area (Å²) in [7, 11) is 0. The van der Waals surface area contributed by atoms with E-state index < -0.39 is 12.1 Å². The van der Waals surface area contributed by atoms with Crippen LogP contribution in [0.5, 0.6) is 0 Å². The lowest BCUT2D eigenvalue weighted by atomic mass is 10.1. The van der Waals surface area contributed by atoms with Crippen LogP contribution >= 0.6 is 0 Å². The van der Waals surface area contributed by atoms with Crippen molar-refractivity contribution in [3.63, 3.8) is 0 Å². The van der Waals surface area contributed by atoms with E-state index in [2.05, 4.69) is 15.5 Å². The third-order valence-electron chi connectivity index (χ3n) is 3.94. The highest BCUT2D eigenvalue weighted by molar-refractivity contribution is 5.98. The number of fused-ring (bicyclic) bond motifs is 1. The van der Waals surface area contributed by atoms with Gasteiger partial charge in [-0.05, 0) is 17.5 Å². The number of aryl methyl sites for hydroxylation is 1. The van der Waals surface area contributed by atoms with Crippen molar-refractivity contribution in [3.05, 3.63) is 46.8 Å². The van der Waals surface area contributed by atoms with E-state index in [-0.39, 0.29) is 11.6 Å². The number of benzene rings is 1. The molecule has 2 aromatic rings. The molecule has 110 valence electrons. The lowest BCUT2D eigenvalue weighted by molar-refractivity contribution is 0.0854. The Hall–Kier alpha value is -2.34. The van der Waals surface area contributed by atoms with E-state index in [1.165, 1.54) is 0 Å². The van der Waals surface area contributed by atoms with E-state index in [1.54, 1.807) is 0 Å². The molecule has 5 N–H and O–H groups in total. The molecule has 1 aromatic heterocycles. The van der Waals surface area contributed by atoms with Crippen LogP contribution in [0.4, 0.5) is 5.69 Å². The number of hydrogen-bond acceptors (Lipinski definition) is 4. The van der Waals surface area contributed by atoms with Gasteiger partial charge in [0.15, 0.2) is 5.69 Å². The van der Waals surface area contributed by atoms with Crippen LogP contribution < -0.4 is 11.1 Å². The van der Waals surface area contributed by atoms with Gasteiger partial charge in [-0.3, -0.25) is 9.89 Å². The first-order valence-electron chi connectivity index (χ1n) is 7.01. The van der Waals surface area contributed by atoms with Crippen LogP contribution in [0, 0.1) is 0 Å². The SMILES string of the molecule is CCc1[nH]nc(C(=O)N[C@@H]2c3ccccc3C[C@@H]2O)c1N. The van der Waals surface area contributed by atoms with Gasteiger partial charge in [0, 0.05) is 6.42 Å². The Kier molecular flexibility index (Phi) is 3.39. The monoisotopic (exact) mass is 286 g/mol. The zero-order chi connectivity index (χ0) is 15.0. The first kappa shape index (κ1) is 13.6. The van der Waals surface area contributed by atoms with Gasteiger partial charge >= 0.3 is 0 Å². The normalized spacial score (nSPS) is 20.3. The lowest BCUT2D eigenvalue weighted by Crippen LogP contribution is -2.34. The molecule has 1 aromatic carbocycles. The molecule has 3 rings (SSSR count). The number of anilines is 1. The number of rotatable bonds is 3. The van der Waals surface area contributed by atoms with E-state index in [4.69, 9.17) is 5.73 Å². The van der Waals surface area contributed by atoms with Crippen molar-refractivity contribution in [2.75, 3.05) is 5.73 Å². The predicted molar refractivity (Wildman–Crippen MR) is 78.7 cm³/mol. The van der Waals surface area contributed by atoms with Crippen molar-refractivity contribution in [1.82, 2.24) is 15.5 Å². The largest absolute Gasteiger partial charge is 0.395 e. The second-order valence-corrected chi connectivity index (χ2v) is 5.24. The van der Waals surface area contributed by atoms with Gasteiger partial charge in [0.1, 0.15) is 0 Å². The Labute approximate surface area is 122 Å². The maximum Gasteiger partial charge on any atom is 0.274 e. The molecule has 0 bridgehead atoms. The molecular weight excluding hydrogens is 268 g/mol. The first-order valence-corrected chi connectivity index (χ1v) is 7.01. The molecule has 1 amide bonds. The number of nitrogens with two attached hydrogens (primary N) is 1. The molecular formula is C15H18N4O2. The average molecular weight is 286 g/mol. The van der Waals surface area contributed by atoms with E-state index in [0.29, 0.717) is 18.5 Å². The van der Waals surface area contributed by atoms with Crippen molar-refractivity contribution in [1.29, 1.82) is 0 Å². The van der Waals surface area contributed by atoms with Crippen LogP contribution in [0.25, 0.3) is 0 Å². The van der Waals surface area contributed by atoms with E-state index in [0.717, 1.165) is 16.8 Å². The molecule has 0 spiro atoms. The lowest BCUT2D eigenvalue weighted by Gasteiger charge is -2.17. The molecule has 0 aliphatic heterocycles. The Morgan fingerprint density at radius 2 is 2.29 bits per heavy atom. The fourth-order valence-corrected chi connectivity index (χ4v) is 2.79. The second kappa shape index (κ2) is 5.21. The molecule has 1 aliphatic rings. The summed E-state index contributed by atoms with van der Waals surface area (Å²) in [5.74, 6) is -0.371. The minimum atomic E-state index is -0.628. The number of carbonyl (C=O) groups excluding carboxylic acids is 1. The van der Waals surface area contributed by atoms with Crippen LogP contribution in [0.2, 0.25) is 0 Å². The minimum absolute atomic E-state index is 0.184. The summed E-state index contributed by atoms with van der Waals surface area (Å²) in [6.45, 7) is 1.93. The van der Waals surface area contributed by atoms with Gasteiger partial charge in [-0.2, -0.15) is 5.10 Å². The number of carbonyl (C=O) groups is 1. The Morgan fingerprint density at radius 1 is 1.52 bits per heavy atom. The number of H-pyrrole nitrogens is 1. The van der Waals surface area contributed by atoms with Crippen LogP contribution in [0.1, 0.15) is 40.3 Å². The van der Waals surface area contributed by atoms with Gasteiger partial charge in [0.05, 0.1) is 23.5 Å². The summed E-state index contributed by atoms with van der Waals surface area (Å²) < 4.78 is 0. The average Bonchev–Trinajstić information content (AvgIpc) is 3.00. The summed E-state index contributed by atoms with van der Waals surface area (Å²) in [5, 5.41) is 19.7. The minimum Gasteiger partial charge on any atom is -0.395 e. The van der Waals surface area contributed by atoms with E-state index in [9.17, 15) is 9.90 Å². The summed E-state index contributed by atoms with van der Waals surface area (Å²) >= 11 is 0. The molecule has 0 saturated carbocycles. The van der Waals surface area contributed by atoms with Crippen molar-refractivity contribution >= 4 is 11.6 Å². The molecule has 6 heteroatoms. The molecule has 21 heavy (non-hydrogen) atoms. The number of aromatic amines is 1. The highest BCUT2D eigenvalue weighted by atomic mass is 16.3. The number of nitrogens with one attached hydrogen (secondary N) is 2. The maximum absolute atomic E-state index is 12.3. The van der Waals surface area contributed by atoms with Crippen molar-refractivity contribution < 1.29 is 9.90 Å². The second-order valence-electron chi connectivity index (χ2n) is 5.24. The number of aliphatic hydroxyl groups is 1. The number of hydrogen-bond donors (Lipinski definition) is 4. The third-order valence-corrected chi connectivity index (χ3v) is 3.94. The molecule has 0 fully saturated rings. The van der Waals surface area contributed by atoms with Gasteiger partial charge in [-0.15, -0.1) is 0 Å². The van der Waals surface area contributed by atoms with Gasteiger partial charge in [0.2, 0.25) is 0 Å². The molecule has 6 nitrogen and oxygen atoms in total. The van der Waals surface area contributed by atoms with Gasteiger partial charge in [-0.1, -0.05) is 31.2 Å². The summed E-state index contributed by atoms with van der Waals surface area (Å²) in [6.07, 6.45) is 0.593. The Morgan fingerprint density at radius 3 is 3.00 bits per heavy atom. The van der Waals surface area contributed by atoms with Gasteiger partial charge in [0.25, 0.3) is 5.91 Å². The van der Waals surface area contributed by atoms with Crippen LogP contribution in [0.3, 0.4) is 0 Å². The third kappa shape index (κ3) is 2.27. The highest BCUT2D eigenvalue weighted by Gasteiger charge is 2.33. The van der Waals surface area contributed by atoms with E-state index in [1.807, 2.05) is 31.2 Å². The number of aliphatic hydroxyl groups excluding tert-OH is 1. The van der Waals surface area contributed by atoms with Crippen LogP contribution in [0.15, 0.2) is 24.3 Å². The van der Waals surface area contributed by atoms with Crippen molar-refractivity contribution in [2.24, 2.45) is 0 Å². The van der Waals surface area contributed by atoms with Gasteiger partial charge < -0.3 is 16.2 Å². The number of aromatic nitrogens is 2. The number of nitrogen functional groups attached to an aromatic ring is 1. The molecule has 2 atom stereocenters. The number of amides is 1. The Bertz CT molecular complexity index is 680. The zero-order valence-electron chi connectivity index (χ0n) is 11.8. The van der Waals surface area contributed by atoms with Crippen molar-refractivity contribution in [3.8, 4) is 0 Å². The molecule has 0 unspecified atom stereocenters. The highest BCUT2D eigenvalue weighted by Crippen LogP contribution is 2.31. The maximum atomic E-state index is 12.3. The summed E-state index contributed by atoms with van der Waals surface area (Å²) in [6, 6.07) is 7.28. The van der Waals surface area contributed by atoms with Crippen LogP contribution in [-0.4, -0.2) is 27.3 Å². The smallest absolute Gasteiger partial charge is 0.274 e. The molecule has 0 saturated heterocycles. The van der Waals surface area contributed by atoms with Crippen LogP contribution in [-0.2, 0) is 12.8 Å². The summed E-state index contributed by atoms with van der Waals surface area (Å²) in [5.41, 5.74) is 9.20. The summed E-state index contributed by atoms with van der Waals surface area (Å²) in [4.78, 5) is 12.3. The van der Waals surface area contributed by atoms with Crippen molar-refractivity contribution in [2.45, 2.75) is 31.9 Å². The number of nitrogens with zero attached hydrogens (tertiary/aromatic N) is 1. The standard InChI is InChI=1S/C15H18N4O2/c1-2-10-12(16)14(19-18-10)15(21)17-13-9-6-4-3-5-8(9)7-11(13)20/h3-6,11,13,20H,2,7,16H2,1H3,(H,17,21)(H,18,19)/t11-,13+/m0/s1. The first-order chi connectivity index (χ1) is 10.1. The van der Waals surface area contributed by atoms with Gasteiger partial charge in [-0.25, -0.2) is 0 Å².